The van der Waals surface area contributed by atoms with Crippen LogP contribution in [0, 0.1) is 0 Å². The van der Waals surface area contributed by atoms with Gasteiger partial charge in [0.25, 0.3) is 0 Å². The molecule has 5 heteroatoms. The molecule has 0 aliphatic carbocycles. The van der Waals surface area contributed by atoms with Crippen LogP contribution in [0.5, 0.6) is 0 Å². The Labute approximate surface area is 97.8 Å². The number of anilines is 1. The third-order valence-electron chi connectivity index (χ3n) is 2.98. The zero-order valence-electron chi connectivity index (χ0n) is 9.09. The largest absolute Gasteiger partial charge is 0.364 e. The van der Waals surface area contributed by atoms with E-state index in [2.05, 4.69) is 5.16 Å². The molecule has 0 fully saturated rings. The lowest BCUT2D eigenvalue weighted by Gasteiger charge is -2.14. The summed E-state index contributed by atoms with van der Waals surface area (Å²) in [4.78, 5) is 12.9. The number of fused-ring (bicyclic) bond motifs is 1. The quantitative estimate of drug-likeness (QED) is 0.810. The van der Waals surface area contributed by atoms with E-state index >= 15 is 0 Å². The number of rotatable bonds is 1. The van der Waals surface area contributed by atoms with Crippen LogP contribution in [0.1, 0.15) is 5.56 Å². The molecule has 17 heavy (non-hydrogen) atoms. The number of hydrogen-bond donors (Lipinski definition) is 1. The van der Waals surface area contributed by atoms with E-state index in [-0.39, 0.29) is 0 Å². The van der Waals surface area contributed by atoms with Crippen LogP contribution in [0.15, 0.2) is 35.1 Å². The summed E-state index contributed by atoms with van der Waals surface area (Å²) in [5, 5.41) is 3.87. The van der Waals surface area contributed by atoms with E-state index in [1.807, 2.05) is 18.2 Å². The van der Waals surface area contributed by atoms with Gasteiger partial charge in [-0.3, -0.25) is 4.90 Å². The Hall–Kier alpha value is -2.30. The Kier molecular flexibility index (Phi) is 2.11. The van der Waals surface area contributed by atoms with Crippen LogP contribution in [-0.2, 0) is 6.42 Å². The number of carbonyl (C=O) groups is 1. The van der Waals surface area contributed by atoms with Crippen molar-refractivity contribution in [1.82, 2.24) is 5.16 Å². The van der Waals surface area contributed by atoms with Gasteiger partial charge < -0.3 is 10.3 Å². The van der Waals surface area contributed by atoms with Gasteiger partial charge in [0.2, 0.25) is 0 Å². The van der Waals surface area contributed by atoms with Gasteiger partial charge in [0.05, 0.1) is 0 Å². The summed E-state index contributed by atoms with van der Waals surface area (Å²) < 4.78 is 4.81. The number of carbonyl (C=O) groups excluding carboxylic acids is 1. The van der Waals surface area contributed by atoms with Crippen LogP contribution >= 0.6 is 0 Å². The van der Waals surface area contributed by atoms with E-state index in [1.54, 1.807) is 11.0 Å². The van der Waals surface area contributed by atoms with Crippen LogP contribution in [-0.4, -0.2) is 17.7 Å². The van der Waals surface area contributed by atoms with Crippen molar-refractivity contribution in [3.63, 3.8) is 0 Å². The van der Waals surface area contributed by atoms with E-state index in [0.717, 1.165) is 28.9 Å². The second-order valence-electron chi connectivity index (χ2n) is 3.97. The number of hydrogen-bond acceptors (Lipinski definition) is 3. The number of aromatic nitrogens is 1. The monoisotopic (exact) mass is 229 g/mol. The number of urea groups is 1. The number of amides is 2. The van der Waals surface area contributed by atoms with Crippen molar-refractivity contribution in [1.29, 1.82) is 0 Å². The van der Waals surface area contributed by atoms with Gasteiger partial charge in [-0.2, -0.15) is 0 Å². The fourth-order valence-corrected chi connectivity index (χ4v) is 2.13. The van der Waals surface area contributed by atoms with Gasteiger partial charge in [-0.1, -0.05) is 17.3 Å². The van der Waals surface area contributed by atoms with E-state index in [1.165, 1.54) is 6.26 Å². The summed E-state index contributed by atoms with van der Waals surface area (Å²) in [6, 6.07) is 7.26. The molecule has 1 aliphatic rings. The highest BCUT2D eigenvalue weighted by Gasteiger charge is 2.23. The standard InChI is InChI=1S/C12H11N3O2/c13-12(16)15-5-3-8-1-2-9(7-11(8)15)10-4-6-17-14-10/h1-2,4,6-7H,3,5H2,(H2,13,16). The van der Waals surface area contributed by atoms with Crippen molar-refractivity contribution in [2.24, 2.45) is 5.73 Å². The summed E-state index contributed by atoms with van der Waals surface area (Å²) in [7, 11) is 0. The van der Waals surface area contributed by atoms with Crippen LogP contribution < -0.4 is 10.6 Å². The summed E-state index contributed by atoms with van der Waals surface area (Å²) >= 11 is 0. The highest BCUT2D eigenvalue weighted by molar-refractivity contribution is 5.93. The second kappa shape index (κ2) is 3.62. The average Bonchev–Trinajstić information content (AvgIpc) is 2.97. The zero-order valence-corrected chi connectivity index (χ0v) is 9.09. The third kappa shape index (κ3) is 1.56. The summed E-state index contributed by atoms with van der Waals surface area (Å²) in [6.07, 6.45) is 2.37. The minimum absolute atomic E-state index is 0.416. The first-order chi connectivity index (χ1) is 8.25. The molecule has 2 amide bonds. The number of nitrogens with two attached hydrogens (primary N) is 1. The highest BCUT2D eigenvalue weighted by Crippen LogP contribution is 2.32. The summed E-state index contributed by atoms with van der Waals surface area (Å²) in [6.45, 7) is 0.646. The van der Waals surface area contributed by atoms with Crippen molar-refractivity contribution in [3.05, 3.63) is 36.1 Å². The smallest absolute Gasteiger partial charge is 0.319 e. The molecule has 3 rings (SSSR count). The second-order valence-corrected chi connectivity index (χ2v) is 3.97. The number of nitrogens with zero attached hydrogens (tertiary/aromatic N) is 2. The Balaban J connectivity index is 2.07. The van der Waals surface area contributed by atoms with Crippen LogP contribution in [0.25, 0.3) is 11.3 Å². The third-order valence-corrected chi connectivity index (χ3v) is 2.98. The predicted octanol–water partition coefficient (Wildman–Crippen LogP) is 1.78. The maximum Gasteiger partial charge on any atom is 0.319 e. The van der Waals surface area contributed by atoms with E-state index in [0.29, 0.717) is 6.54 Å². The van der Waals surface area contributed by atoms with Crippen molar-refractivity contribution in [2.75, 3.05) is 11.4 Å². The molecule has 5 nitrogen and oxygen atoms in total. The van der Waals surface area contributed by atoms with Crippen LogP contribution in [0.3, 0.4) is 0 Å². The Bertz CT molecular complexity index is 563. The SMILES string of the molecule is NC(=O)N1CCc2ccc(-c3ccon3)cc21. The molecule has 0 bridgehead atoms. The maximum absolute atomic E-state index is 11.3. The lowest BCUT2D eigenvalue weighted by Crippen LogP contribution is -2.33. The molecule has 0 unspecified atom stereocenters. The molecule has 0 radical (unpaired) electrons. The lowest BCUT2D eigenvalue weighted by molar-refractivity contribution is 0.254. The molecule has 0 saturated carbocycles. The average molecular weight is 229 g/mol. The molecule has 2 aromatic rings. The minimum Gasteiger partial charge on any atom is -0.364 e. The van der Waals surface area contributed by atoms with Gasteiger partial charge in [0.15, 0.2) is 0 Å². The molecule has 2 heterocycles. The molecule has 86 valence electrons. The first-order valence-electron chi connectivity index (χ1n) is 5.36. The summed E-state index contributed by atoms with van der Waals surface area (Å²) in [5.41, 5.74) is 9.02. The molecule has 0 saturated heterocycles. The van der Waals surface area contributed by atoms with E-state index < -0.39 is 6.03 Å². The molecule has 1 aromatic heterocycles. The fraction of sp³-hybridized carbons (Fsp3) is 0.167. The molecule has 1 aromatic carbocycles. The molecule has 0 spiro atoms. The minimum atomic E-state index is -0.416. The molecule has 2 N–H and O–H groups in total. The molecular weight excluding hydrogens is 218 g/mol. The van der Waals surface area contributed by atoms with Crippen molar-refractivity contribution in [3.8, 4) is 11.3 Å². The van der Waals surface area contributed by atoms with Crippen molar-refractivity contribution < 1.29 is 9.32 Å². The van der Waals surface area contributed by atoms with Crippen molar-refractivity contribution in [2.45, 2.75) is 6.42 Å². The van der Waals surface area contributed by atoms with Gasteiger partial charge in [-0.05, 0) is 18.1 Å². The zero-order chi connectivity index (χ0) is 11.8. The Morgan fingerprint density at radius 3 is 3.00 bits per heavy atom. The van der Waals surface area contributed by atoms with Gasteiger partial charge in [0.1, 0.15) is 12.0 Å². The topological polar surface area (TPSA) is 72.4 Å². The first-order valence-corrected chi connectivity index (χ1v) is 5.36. The van der Waals surface area contributed by atoms with Crippen LogP contribution in [0.2, 0.25) is 0 Å². The van der Waals surface area contributed by atoms with Gasteiger partial charge in [0, 0.05) is 23.9 Å². The lowest BCUT2D eigenvalue weighted by atomic mass is 10.1. The van der Waals surface area contributed by atoms with E-state index in [9.17, 15) is 4.79 Å². The van der Waals surface area contributed by atoms with E-state index in [4.69, 9.17) is 10.3 Å². The fourth-order valence-electron chi connectivity index (χ4n) is 2.13. The maximum atomic E-state index is 11.3. The number of benzene rings is 1. The van der Waals surface area contributed by atoms with Gasteiger partial charge in [-0.25, -0.2) is 4.79 Å². The molecular formula is C12H11N3O2. The summed E-state index contributed by atoms with van der Waals surface area (Å²) in [5.74, 6) is 0. The highest BCUT2D eigenvalue weighted by atomic mass is 16.5. The Morgan fingerprint density at radius 2 is 2.29 bits per heavy atom. The Morgan fingerprint density at radius 1 is 1.41 bits per heavy atom. The predicted molar refractivity (Wildman–Crippen MR) is 62.6 cm³/mol. The number of primary amides is 1. The van der Waals surface area contributed by atoms with Gasteiger partial charge in [-0.15, -0.1) is 0 Å². The molecule has 1 aliphatic heterocycles. The normalized spacial score (nSPS) is 13.8. The first kappa shape index (κ1) is 9.89. The van der Waals surface area contributed by atoms with Gasteiger partial charge >= 0.3 is 6.03 Å². The van der Waals surface area contributed by atoms with Crippen molar-refractivity contribution >= 4 is 11.7 Å². The molecule has 0 atom stereocenters. The van der Waals surface area contributed by atoms with Crippen LogP contribution in [0.4, 0.5) is 10.5 Å².